The van der Waals surface area contributed by atoms with Gasteiger partial charge in [-0.05, 0) is 44.7 Å². The van der Waals surface area contributed by atoms with Gasteiger partial charge in [-0.1, -0.05) is 24.3 Å². The van der Waals surface area contributed by atoms with Gasteiger partial charge in [0.05, 0.1) is 19.1 Å². The van der Waals surface area contributed by atoms with Gasteiger partial charge < -0.3 is 25.0 Å². The number of rotatable bonds is 2. The fourth-order valence-corrected chi connectivity index (χ4v) is 4.30. The third-order valence-electron chi connectivity index (χ3n) is 5.72. The number of carbonyl (C=O) groups is 1. The van der Waals surface area contributed by atoms with E-state index in [4.69, 9.17) is 4.74 Å². The maximum absolute atomic E-state index is 12.3. The predicted molar refractivity (Wildman–Crippen MR) is 107 cm³/mol. The summed E-state index contributed by atoms with van der Waals surface area (Å²) in [6, 6.07) is 8.27. The van der Waals surface area contributed by atoms with Crippen LogP contribution in [-0.4, -0.2) is 71.3 Å². The molecule has 4 rings (SSSR count). The summed E-state index contributed by atoms with van der Waals surface area (Å²) in [6.45, 7) is 8.68. The molecule has 0 spiro atoms. The van der Waals surface area contributed by atoms with E-state index in [1.54, 1.807) is 4.90 Å². The number of piperazine rings is 1. The van der Waals surface area contributed by atoms with Crippen LogP contribution in [0.25, 0.3) is 0 Å². The average Bonchev–Trinajstić information content (AvgIpc) is 3.20. The summed E-state index contributed by atoms with van der Waals surface area (Å²) in [5, 5.41) is 14.5. The molecule has 0 bridgehead atoms. The first-order chi connectivity index (χ1) is 13.3. The average molecular weight is 386 g/mol. The number of hydrogen-bond acceptors (Lipinski definition) is 6. The topological polar surface area (TPSA) is 77.4 Å². The maximum Gasteiger partial charge on any atom is 0.410 e. The Morgan fingerprint density at radius 1 is 1.36 bits per heavy atom. The van der Waals surface area contributed by atoms with Crippen LogP contribution in [0.5, 0.6) is 0 Å². The van der Waals surface area contributed by atoms with Crippen molar-refractivity contribution in [1.29, 1.82) is 0 Å². The number of aryl methyl sites for hydroxylation is 1. The lowest BCUT2D eigenvalue weighted by Gasteiger charge is -2.39. The van der Waals surface area contributed by atoms with Crippen molar-refractivity contribution in [3.63, 3.8) is 0 Å². The molecule has 2 N–H and O–H groups in total. The largest absolute Gasteiger partial charge is 0.444 e. The molecule has 1 aromatic carbocycles. The van der Waals surface area contributed by atoms with Crippen LogP contribution in [0.3, 0.4) is 0 Å². The number of nitrogens with one attached hydrogen (secondary N) is 1. The standard InChI is InChI=1S/C21H30N4O3/c1-20(2,3)28-19(26)24-10-11-25-16(13-24)12-22-18(25)23-14-21(27)9-8-15-6-4-5-7-17(15)21/h4-7,16,27H,8-14H2,1-3H3,(H,22,23). The second-order valence-electron chi connectivity index (χ2n) is 8.98. The molecule has 2 aliphatic heterocycles. The van der Waals surface area contributed by atoms with Gasteiger partial charge in [0.1, 0.15) is 11.2 Å². The Balaban J connectivity index is 1.34. The number of ether oxygens (including phenoxy) is 1. The molecule has 1 fully saturated rings. The minimum absolute atomic E-state index is 0.161. The number of fused-ring (bicyclic) bond motifs is 2. The second kappa shape index (κ2) is 6.95. The molecule has 152 valence electrons. The number of aliphatic imine (C=N–C) groups is 1. The van der Waals surface area contributed by atoms with Crippen molar-refractivity contribution in [1.82, 2.24) is 15.1 Å². The first-order valence-electron chi connectivity index (χ1n) is 10.1. The number of aliphatic hydroxyl groups is 1. The van der Waals surface area contributed by atoms with Gasteiger partial charge in [-0.15, -0.1) is 0 Å². The van der Waals surface area contributed by atoms with Gasteiger partial charge in [-0.25, -0.2) is 4.79 Å². The highest BCUT2D eigenvalue weighted by Crippen LogP contribution is 2.36. The van der Waals surface area contributed by atoms with E-state index in [9.17, 15) is 9.90 Å². The lowest BCUT2D eigenvalue weighted by molar-refractivity contribution is 0.0134. The van der Waals surface area contributed by atoms with Crippen LogP contribution in [0.2, 0.25) is 0 Å². The smallest absolute Gasteiger partial charge is 0.410 e. The fourth-order valence-electron chi connectivity index (χ4n) is 4.30. The van der Waals surface area contributed by atoms with Crippen molar-refractivity contribution in [2.75, 3.05) is 32.7 Å². The lowest BCUT2D eigenvalue weighted by Crippen LogP contribution is -2.58. The van der Waals surface area contributed by atoms with E-state index in [1.807, 2.05) is 39.0 Å². The number of hydrogen-bond donors (Lipinski definition) is 2. The fraction of sp³-hybridized carbons (Fsp3) is 0.619. The van der Waals surface area contributed by atoms with Crippen LogP contribution in [0.1, 0.15) is 38.3 Å². The molecule has 2 unspecified atom stereocenters. The SMILES string of the molecule is CC(C)(C)OC(=O)N1CCN2C(NCC3(O)CCc4ccccc43)=NCC2C1. The first-order valence-corrected chi connectivity index (χ1v) is 10.1. The summed E-state index contributed by atoms with van der Waals surface area (Å²) in [5.74, 6) is 0.826. The third-order valence-corrected chi connectivity index (χ3v) is 5.72. The number of guanidine groups is 1. The molecule has 2 heterocycles. The second-order valence-corrected chi connectivity index (χ2v) is 8.98. The van der Waals surface area contributed by atoms with Crippen molar-refractivity contribution in [3.8, 4) is 0 Å². The van der Waals surface area contributed by atoms with Crippen LogP contribution in [0, 0.1) is 0 Å². The summed E-state index contributed by atoms with van der Waals surface area (Å²) in [7, 11) is 0. The van der Waals surface area contributed by atoms with E-state index in [1.165, 1.54) is 5.56 Å². The molecule has 7 nitrogen and oxygen atoms in total. The van der Waals surface area contributed by atoms with Gasteiger partial charge in [0, 0.05) is 19.6 Å². The van der Waals surface area contributed by atoms with Crippen LogP contribution < -0.4 is 5.32 Å². The summed E-state index contributed by atoms with van der Waals surface area (Å²) < 4.78 is 5.50. The van der Waals surface area contributed by atoms with Crippen LogP contribution >= 0.6 is 0 Å². The summed E-state index contributed by atoms with van der Waals surface area (Å²) in [6.07, 6.45) is 1.37. The van der Waals surface area contributed by atoms with E-state index in [0.717, 1.165) is 24.4 Å². The molecule has 0 aromatic heterocycles. The lowest BCUT2D eigenvalue weighted by atomic mass is 9.96. The minimum atomic E-state index is -0.852. The van der Waals surface area contributed by atoms with Crippen molar-refractivity contribution in [3.05, 3.63) is 35.4 Å². The highest BCUT2D eigenvalue weighted by molar-refractivity contribution is 5.82. The Labute approximate surface area is 166 Å². The molecule has 7 heteroatoms. The molecule has 0 saturated carbocycles. The molecule has 1 aromatic rings. The number of carbonyl (C=O) groups excluding carboxylic acids is 1. The highest BCUT2D eigenvalue weighted by atomic mass is 16.6. The van der Waals surface area contributed by atoms with Gasteiger partial charge in [0.25, 0.3) is 0 Å². The Morgan fingerprint density at radius 2 is 2.14 bits per heavy atom. The molecule has 28 heavy (non-hydrogen) atoms. The molecule has 1 aliphatic carbocycles. The van der Waals surface area contributed by atoms with Crippen molar-refractivity contribution >= 4 is 12.1 Å². The minimum Gasteiger partial charge on any atom is -0.444 e. The third kappa shape index (κ3) is 3.68. The monoisotopic (exact) mass is 386 g/mol. The Morgan fingerprint density at radius 3 is 2.93 bits per heavy atom. The van der Waals surface area contributed by atoms with Crippen LogP contribution in [0.15, 0.2) is 29.3 Å². The highest BCUT2D eigenvalue weighted by Gasteiger charge is 2.39. The Hall–Kier alpha value is -2.28. The number of benzene rings is 1. The molecule has 0 radical (unpaired) electrons. The van der Waals surface area contributed by atoms with Gasteiger partial charge in [0.15, 0.2) is 5.96 Å². The van der Waals surface area contributed by atoms with E-state index >= 15 is 0 Å². The number of nitrogens with zero attached hydrogens (tertiary/aromatic N) is 3. The zero-order valence-electron chi connectivity index (χ0n) is 16.9. The van der Waals surface area contributed by atoms with Gasteiger partial charge >= 0.3 is 6.09 Å². The molecule has 1 amide bonds. The normalized spacial score (nSPS) is 26.6. The maximum atomic E-state index is 12.3. The zero-order chi connectivity index (χ0) is 19.9. The summed E-state index contributed by atoms with van der Waals surface area (Å²) in [4.78, 5) is 21.0. The van der Waals surface area contributed by atoms with Gasteiger partial charge in [-0.2, -0.15) is 0 Å². The van der Waals surface area contributed by atoms with E-state index in [-0.39, 0.29) is 12.1 Å². The molecule has 1 saturated heterocycles. The molecular weight excluding hydrogens is 356 g/mol. The summed E-state index contributed by atoms with van der Waals surface area (Å²) in [5.41, 5.74) is 0.909. The van der Waals surface area contributed by atoms with Gasteiger partial charge in [0.2, 0.25) is 0 Å². The van der Waals surface area contributed by atoms with Crippen LogP contribution in [-0.2, 0) is 16.8 Å². The summed E-state index contributed by atoms with van der Waals surface area (Å²) >= 11 is 0. The first kappa shape index (κ1) is 19.1. The van der Waals surface area contributed by atoms with Crippen molar-refractivity contribution in [2.45, 2.75) is 50.9 Å². The van der Waals surface area contributed by atoms with E-state index in [2.05, 4.69) is 21.3 Å². The zero-order valence-corrected chi connectivity index (χ0v) is 16.9. The van der Waals surface area contributed by atoms with Gasteiger partial charge in [-0.3, -0.25) is 4.99 Å². The number of amides is 1. The molecule has 2 atom stereocenters. The Bertz CT molecular complexity index is 788. The van der Waals surface area contributed by atoms with E-state index < -0.39 is 11.2 Å². The Kier molecular flexibility index (Phi) is 4.73. The predicted octanol–water partition coefficient (Wildman–Crippen LogP) is 1.70. The molecule has 3 aliphatic rings. The van der Waals surface area contributed by atoms with Crippen molar-refractivity contribution < 1.29 is 14.6 Å². The van der Waals surface area contributed by atoms with E-state index in [0.29, 0.717) is 32.7 Å². The quantitative estimate of drug-likeness (QED) is 0.809. The molecular formula is C21H30N4O3. The van der Waals surface area contributed by atoms with Crippen LogP contribution in [0.4, 0.5) is 4.79 Å². The van der Waals surface area contributed by atoms with Crippen molar-refractivity contribution in [2.24, 2.45) is 4.99 Å².